The predicted octanol–water partition coefficient (Wildman–Crippen LogP) is 3.29. The van der Waals surface area contributed by atoms with E-state index in [-0.39, 0.29) is 16.9 Å². The number of benzene rings is 2. The van der Waals surface area contributed by atoms with Crippen LogP contribution in [0.4, 0.5) is 15.8 Å². The molecular formula is C14H11FN2O3. The van der Waals surface area contributed by atoms with Gasteiger partial charge in [0, 0.05) is 6.07 Å². The zero-order valence-corrected chi connectivity index (χ0v) is 10.6. The lowest BCUT2D eigenvalue weighted by Gasteiger charge is -2.07. The summed E-state index contributed by atoms with van der Waals surface area (Å²) in [4.78, 5) is 22.2. The van der Waals surface area contributed by atoms with Gasteiger partial charge in [0.15, 0.2) is 0 Å². The molecule has 0 atom stereocenters. The Balaban J connectivity index is 2.30. The van der Waals surface area contributed by atoms with Gasteiger partial charge in [-0.05, 0) is 30.7 Å². The SMILES string of the molecule is Cc1ccc(C(=O)Nc2ccccc2[N+](=O)[O-])c(F)c1. The van der Waals surface area contributed by atoms with Crippen molar-refractivity contribution in [1.29, 1.82) is 0 Å². The number of nitrogens with zero attached hydrogens (tertiary/aromatic N) is 1. The maximum atomic E-state index is 13.7. The number of para-hydroxylation sites is 2. The maximum absolute atomic E-state index is 13.7. The molecular weight excluding hydrogens is 263 g/mol. The first kappa shape index (κ1) is 13.7. The van der Waals surface area contributed by atoms with Gasteiger partial charge < -0.3 is 5.32 Å². The zero-order chi connectivity index (χ0) is 14.7. The van der Waals surface area contributed by atoms with Gasteiger partial charge in [-0.1, -0.05) is 18.2 Å². The van der Waals surface area contributed by atoms with E-state index in [9.17, 15) is 19.3 Å². The third-order valence-corrected chi connectivity index (χ3v) is 2.72. The normalized spacial score (nSPS) is 10.1. The molecule has 0 aliphatic heterocycles. The van der Waals surface area contributed by atoms with E-state index < -0.39 is 16.6 Å². The van der Waals surface area contributed by atoms with Crippen LogP contribution in [0.15, 0.2) is 42.5 Å². The fraction of sp³-hybridized carbons (Fsp3) is 0.0714. The fourth-order valence-corrected chi connectivity index (χ4v) is 1.73. The van der Waals surface area contributed by atoms with Crippen molar-refractivity contribution in [3.05, 3.63) is 69.5 Å². The van der Waals surface area contributed by atoms with Crippen LogP contribution in [-0.2, 0) is 0 Å². The lowest BCUT2D eigenvalue weighted by Crippen LogP contribution is -2.14. The second-order valence-corrected chi connectivity index (χ2v) is 4.21. The minimum atomic E-state index is -0.725. The number of carbonyl (C=O) groups excluding carboxylic acids is 1. The number of amides is 1. The summed E-state index contributed by atoms with van der Waals surface area (Å²) in [5.74, 6) is -1.39. The number of aryl methyl sites for hydroxylation is 1. The van der Waals surface area contributed by atoms with Gasteiger partial charge >= 0.3 is 0 Å². The number of nitrogens with one attached hydrogen (secondary N) is 1. The molecule has 0 unspecified atom stereocenters. The van der Waals surface area contributed by atoms with Crippen LogP contribution in [0.1, 0.15) is 15.9 Å². The van der Waals surface area contributed by atoms with E-state index in [4.69, 9.17) is 0 Å². The average molecular weight is 274 g/mol. The summed E-state index contributed by atoms with van der Waals surface area (Å²) in [5, 5.41) is 13.2. The highest BCUT2D eigenvalue weighted by Crippen LogP contribution is 2.24. The monoisotopic (exact) mass is 274 g/mol. The van der Waals surface area contributed by atoms with Crippen molar-refractivity contribution in [2.75, 3.05) is 5.32 Å². The molecule has 0 radical (unpaired) electrons. The molecule has 1 N–H and O–H groups in total. The second-order valence-electron chi connectivity index (χ2n) is 4.21. The predicted molar refractivity (Wildman–Crippen MR) is 72.2 cm³/mol. The highest BCUT2D eigenvalue weighted by atomic mass is 19.1. The quantitative estimate of drug-likeness (QED) is 0.689. The van der Waals surface area contributed by atoms with Gasteiger partial charge in [0.2, 0.25) is 0 Å². The van der Waals surface area contributed by atoms with Crippen LogP contribution in [0.2, 0.25) is 0 Å². The van der Waals surface area contributed by atoms with Gasteiger partial charge in [-0.2, -0.15) is 0 Å². The van der Waals surface area contributed by atoms with Crippen LogP contribution in [0, 0.1) is 22.9 Å². The van der Waals surface area contributed by atoms with Crippen LogP contribution in [0.3, 0.4) is 0 Å². The van der Waals surface area contributed by atoms with E-state index in [2.05, 4.69) is 5.32 Å². The van der Waals surface area contributed by atoms with Crippen LogP contribution >= 0.6 is 0 Å². The maximum Gasteiger partial charge on any atom is 0.292 e. The molecule has 0 spiro atoms. The molecule has 0 fully saturated rings. The Morgan fingerprint density at radius 2 is 1.95 bits per heavy atom. The van der Waals surface area contributed by atoms with Gasteiger partial charge in [-0.15, -0.1) is 0 Å². The van der Waals surface area contributed by atoms with Gasteiger partial charge in [0.1, 0.15) is 11.5 Å². The fourth-order valence-electron chi connectivity index (χ4n) is 1.73. The molecule has 0 aliphatic carbocycles. The number of nitro benzene ring substituents is 1. The highest BCUT2D eigenvalue weighted by Gasteiger charge is 2.17. The lowest BCUT2D eigenvalue weighted by atomic mass is 10.1. The molecule has 0 saturated heterocycles. The number of hydrogen-bond acceptors (Lipinski definition) is 3. The first-order chi connectivity index (χ1) is 9.49. The van der Waals surface area contributed by atoms with Crippen molar-refractivity contribution in [2.24, 2.45) is 0 Å². The minimum Gasteiger partial charge on any atom is -0.316 e. The molecule has 2 aromatic carbocycles. The molecule has 102 valence electrons. The van der Waals surface area contributed by atoms with Crippen molar-refractivity contribution in [1.82, 2.24) is 0 Å². The van der Waals surface area contributed by atoms with Crippen molar-refractivity contribution >= 4 is 17.3 Å². The lowest BCUT2D eigenvalue weighted by molar-refractivity contribution is -0.383. The summed E-state index contributed by atoms with van der Waals surface area (Å²) >= 11 is 0. The molecule has 0 saturated carbocycles. The molecule has 1 amide bonds. The number of hydrogen-bond donors (Lipinski definition) is 1. The molecule has 0 heterocycles. The van der Waals surface area contributed by atoms with Crippen LogP contribution in [0.25, 0.3) is 0 Å². The summed E-state index contributed by atoms with van der Waals surface area (Å²) < 4.78 is 13.7. The van der Waals surface area contributed by atoms with E-state index >= 15 is 0 Å². The smallest absolute Gasteiger partial charge is 0.292 e. The number of halogens is 1. The third kappa shape index (κ3) is 2.80. The van der Waals surface area contributed by atoms with E-state index in [0.717, 1.165) is 0 Å². The first-order valence-corrected chi connectivity index (χ1v) is 5.80. The van der Waals surface area contributed by atoms with Crippen molar-refractivity contribution in [3.8, 4) is 0 Å². The molecule has 20 heavy (non-hydrogen) atoms. The van der Waals surface area contributed by atoms with E-state index in [1.807, 2.05) is 0 Å². The molecule has 2 rings (SSSR count). The zero-order valence-electron chi connectivity index (χ0n) is 10.6. The summed E-state index contributed by atoms with van der Waals surface area (Å²) in [6, 6.07) is 9.86. The van der Waals surface area contributed by atoms with Gasteiger partial charge in [-0.25, -0.2) is 4.39 Å². The number of rotatable bonds is 3. The van der Waals surface area contributed by atoms with Crippen molar-refractivity contribution < 1.29 is 14.1 Å². The standard InChI is InChI=1S/C14H11FN2O3/c1-9-6-7-10(11(15)8-9)14(18)16-12-4-2-3-5-13(12)17(19)20/h2-8H,1H3,(H,16,18). The Hall–Kier alpha value is -2.76. The molecule has 2 aromatic rings. The molecule has 0 aromatic heterocycles. The summed E-state index contributed by atoms with van der Waals surface area (Å²) in [5.41, 5.74) is 0.314. The molecule has 5 nitrogen and oxygen atoms in total. The van der Waals surface area contributed by atoms with E-state index in [1.54, 1.807) is 19.1 Å². The van der Waals surface area contributed by atoms with Gasteiger partial charge in [0.25, 0.3) is 11.6 Å². The van der Waals surface area contributed by atoms with Crippen LogP contribution < -0.4 is 5.32 Å². The summed E-state index contributed by atoms with van der Waals surface area (Å²) in [7, 11) is 0. The van der Waals surface area contributed by atoms with Gasteiger partial charge in [-0.3, -0.25) is 14.9 Å². The van der Waals surface area contributed by atoms with E-state index in [1.165, 1.54) is 30.3 Å². The van der Waals surface area contributed by atoms with Crippen molar-refractivity contribution in [2.45, 2.75) is 6.92 Å². The van der Waals surface area contributed by atoms with Crippen LogP contribution in [0.5, 0.6) is 0 Å². The highest BCUT2D eigenvalue weighted by molar-refractivity contribution is 6.05. The minimum absolute atomic E-state index is 0.0301. The second kappa shape index (κ2) is 5.48. The molecule has 6 heteroatoms. The largest absolute Gasteiger partial charge is 0.316 e. The summed E-state index contributed by atoms with van der Waals surface area (Å²) in [6.07, 6.45) is 0. The molecule has 0 aliphatic rings. The van der Waals surface area contributed by atoms with Crippen LogP contribution in [-0.4, -0.2) is 10.8 Å². The Bertz CT molecular complexity index is 686. The summed E-state index contributed by atoms with van der Waals surface area (Å²) in [6.45, 7) is 1.70. The Morgan fingerprint density at radius 3 is 2.60 bits per heavy atom. The number of carbonyl (C=O) groups is 1. The van der Waals surface area contributed by atoms with E-state index in [0.29, 0.717) is 5.56 Å². The third-order valence-electron chi connectivity index (χ3n) is 2.72. The average Bonchev–Trinajstić information content (AvgIpc) is 2.38. The van der Waals surface area contributed by atoms with Gasteiger partial charge in [0.05, 0.1) is 10.5 Å². The Morgan fingerprint density at radius 1 is 1.25 bits per heavy atom. The van der Waals surface area contributed by atoms with Crippen molar-refractivity contribution in [3.63, 3.8) is 0 Å². The molecule has 0 bridgehead atoms. The topological polar surface area (TPSA) is 72.2 Å². The first-order valence-electron chi connectivity index (χ1n) is 5.80. The number of nitro groups is 1. The Labute approximate surface area is 114 Å². The Kier molecular flexibility index (Phi) is 3.74. The number of anilines is 1.